The topological polar surface area (TPSA) is 155 Å². The smallest absolute Gasteiger partial charge is 0.326 e. The second kappa shape index (κ2) is 20.1. The lowest BCUT2D eigenvalue weighted by molar-refractivity contribution is -0.253. The number of nitrogens with one attached hydrogen (secondary N) is 3. The summed E-state index contributed by atoms with van der Waals surface area (Å²) in [6.07, 6.45) is 1.63. The van der Waals surface area contributed by atoms with Crippen molar-refractivity contribution in [2.45, 2.75) is 81.2 Å². The number of aliphatic hydroxyl groups excluding tert-OH is 1. The normalized spacial score (nSPS) is 18.8. The lowest BCUT2D eigenvalue weighted by atomic mass is 9.98. The van der Waals surface area contributed by atoms with E-state index < -0.39 is 28.3 Å². The van der Waals surface area contributed by atoms with E-state index in [4.69, 9.17) is 9.47 Å². The molecule has 2 saturated heterocycles. The molecule has 4 N–H and O–H groups in total. The standard InChI is InChI=1S/C53H55N5O7S/c1-36-14-24-46(25-15-36)66(62,63)56-48(31-37-8-3-2-4-9-37)51(60)54-33-39-10-7-11-43(30-39)40-20-22-42(23-21-40)52-64-45(32-50(65-52)41-18-16-38(35-59)17-19-41)34-57-28-26-44(27-29-57)58-49-13-6-5-12-47(49)55-53(58)61/h2-25,30,44-45,48,50,52,56,59H,26-29,31-35H2,1H3,(H,54,60)(H,55,61)/t45-,48-,50+,52+/m1/s1. The third-order valence-electron chi connectivity index (χ3n) is 12.8. The number of para-hydroxylation sites is 2. The van der Waals surface area contributed by atoms with Gasteiger partial charge in [-0.2, -0.15) is 4.72 Å². The van der Waals surface area contributed by atoms with Gasteiger partial charge in [-0.05, 0) is 89.9 Å². The van der Waals surface area contributed by atoms with Crippen LogP contribution in [-0.2, 0) is 43.9 Å². The molecule has 13 heteroatoms. The molecule has 9 rings (SSSR count). The van der Waals surface area contributed by atoms with Crippen LogP contribution in [0.25, 0.3) is 22.2 Å². The van der Waals surface area contributed by atoms with E-state index >= 15 is 0 Å². The minimum Gasteiger partial charge on any atom is -0.392 e. The zero-order chi connectivity index (χ0) is 45.6. The molecule has 12 nitrogen and oxygen atoms in total. The minimum atomic E-state index is -3.97. The number of likely N-dealkylation sites (tertiary alicyclic amines) is 1. The summed E-state index contributed by atoms with van der Waals surface area (Å²) in [4.78, 5) is 32.2. The van der Waals surface area contributed by atoms with Gasteiger partial charge in [0.1, 0.15) is 6.04 Å². The minimum absolute atomic E-state index is 0.0290. The Kier molecular flexibility index (Phi) is 13.7. The van der Waals surface area contributed by atoms with Crippen molar-refractivity contribution < 1.29 is 27.8 Å². The summed E-state index contributed by atoms with van der Waals surface area (Å²) in [5.74, 6) is -0.426. The van der Waals surface area contributed by atoms with Crippen molar-refractivity contribution in [3.8, 4) is 11.1 Å². The van der Waals surface area contributed by atoms with E-state index in [1.165, 1.54) is 0 Å². The van der Waals surface area contributed by atoms with E-state index in [-0.39, 0.29) is 48.4 Å². The van der Waals surface area contributed by atoms with Crippen LogP contribution < -0.4 is 15.7 Å². The molecule has 0 unspecified atom stereocenters. The van der Waals surface area contributed by atoms with Gasteiger partial charge < -0.3 is 29.8 Å². The third-order valence-corrected chi connectivity index (χ3v) is 14.2. The Labute approximate surface area is 385 Å². The van der Waals surface area contributed by atoms with E-state index in [1.807, 2.05) is 139 Å². The van der Waals surface area contributed by atoms with Gasteiger partial charge in [0, 0.05) is 44.2 Å². The number of fused-ring (bicyclic) bond motifs is 1. The predicted octanol–water partition coefficient (Wildman–Crippen LogP) is 7.89. The molecule has 0 spiro atoms. The number of sulfonamides is 1. The summed E-state index contributed by atoms with van der Waals surface area (Å²) < 4.78 is 44.8. The molecular weight excluding hydrogens is 851 g/mol. The van der Waals surface area contributed by atoms with Crippen molar-refractivity contribution in [1.82, 2.24) is 24.5 Å². The fraction of sp³-hybridized carbons (Fsp3) is 0.283. The Morgan fingerprint density at radius 3 is 2.21 bits per heavy atom. The number of piperidine rings is 1. The van der Waals surface area contributed by atoms with E-state index in [0.717, 1.165) is 88.0 Å². The number of nitrogens with zero attached hydrogens (tertiary/aromatic N) is 2. The summed E-state index contributed by atoms with van der Waals surface area (Å²) in [7, 11) is -3.97. The Morgan fingerprint density at radius 1 is 0.773 bits per heavy atom. The van der Waals surface area contributed by atoms with Crippen LogP contribution in [0.5, 0.6) is 0 Å². The number of ether oxygens (including phenoxy) is 2. The van der Waals surface area contributed by atoms with Crippen molar-refractivity contribution in [3.05, 3.63) is 196 Å². The number of amides is 1. The third kappa shape index (κ3) is 10.6. The van der Waals surface area contributed by atoms with Gasteiger partial charge in [-0.3, -0.25) is 9.36 Å². The van der Waals surface area contributed by atoms with Gasteiger partial charge >= 0.3 is 5.69 Å². The highest BCUT2D eigenvalue weighted by molar-refractivity contribution is 7.89. The quantitative estimate of drug-likeness (QED) is 0.0811. The number of carbonyl (C=O) groups excluding carboxylic acids is 1. The molecule has 340 valence electrons. The summed E-state index contributed by atoms with van der Waals surface area (Å²) >= 11 is 0. The summed E-state index contributed by atoms with van der Waals surface area (Å²) in [5, 5.41) is 12.7. The fourth-order valence-corrected chi connectivity index (χ4v) is 10.3. The summed E-state index contributed by atoms with van der Waals surface area (Å²) in [5.41, 5.74) is 9.06. The van der Waals surface area contributed by atoms with Crippen LogP contribution in [0.4, 0.5) is 0 Å². The van der Waals surface area contributed by atoms with Gasteiger partial charge in [0.15, 0.2) is 6.29 Å². The van der Waals surface area contributed by atoms with E-state index in [2.05, 4.69) is 19.9 Å². The number of hydrogen-bond donors (Lipinski definition) is 4. The Balaban J connectivity index is 0.866. The first kappa shape index (κ1) is 45.0. The van der Waals surface area contributed by atoms with Crippen LogP contribution in [0.2, 0.25) is 0 Å². The molecule has 2 aliphatic rings. The number of aryl methyl sites for hydroxylation is 1. The highest BCUT2D eigenvalue weighted by atomic mass is 32.2. The van der Waals surface area contributed by atoms with Crippen LogP contribution in [0.1, 0.15) is 71.1 Å². The first-order valence-corrected chi connectivity index (χ1v) is 24.1. The van der Waals surface area contributed by atoms with E-state index in [0.29, 0.717) is 6.42 Å². The lowest BCUT2D eigenvalue weighted by Gasteiger charge is -2.40. The fourth-order valence-electron chi connectivity index (χ4n) is 9.13. The number of carbonyl (C=O) groups is 1. The number of aliphatic hydroxyl groups is 1. The van der Waals surface area contributed by atoms with E-state index in [1.54, 1.807) is 24.3 Å². The molecule has 0 aliphatic carbocycles. The van der Waals surface area contributed by atoms with Crippen LogP contribution in [-0.4, -0.2) is 65.7 Å². The molecule has 66 heavy (non-hydrogen) atoms. The first-order chi connectivity index (χ1) is 32.1. The highest BCUT2D eigenvalue weighted by Gasteiger charge is 2.34. The van der Waals surface area contributed by atoms with Crippen molar-refractivity contribution in [1.29, 1.82) is 0 Å². The zero-order valence-electron chi connectivity index (χ0n) is 36.9. The van der Waals surface area contributed by atoms with Gasteiger partial charge in [0.05, 0.1) is 34.7 Å². The van der Waals surface area contributed by atoms with Crippen molar-refractivity contribution in [2.75, 3.05) is 19.6 Å². The Bertz CT molecular complexity index is 2910. The molecule has 2 aliphatic heterocycles. The zero-order valence-corrected chi connectivity index (χ0v) is 37.7. The average Bonchev–Trinajstić information content (AvgIpc) is 3.69. The first-order valence-electron chi connectivity index (χ1n) is 22.6. The van der Waals surface area contributed by atoms with Crippen LogP contribution in [0, 0.1) is 6.92 Å². The lowest BCUT2D eigenvalue weighted by Crippen LogP contribution is -2.47. The molecule has 2 fully saturated rings. The second-order valence-corrected chi connectivity index (χ2v) is 19.1. The molecular formula is C53H55N5O7S. The SMILES string of the molecule is Cc1ccc(S(=O)(=O)N[C@H](Cc2ccccc2)C(=O)NCc2cccc(-c3ccc([C@H]4O[C@@H](CN5CCC(n6c(=O)[nH]c7ccccc76)CC5)C[C@@H](c5ccc(CO)cc5)O4)cc3)c2)cc1. The summed E-state index contributed by atoms with van der Waals surface area (Å²) in [6.45, 7) is 4.48. The predicted molar refractivity (Wildman–Crippen MR) is 255 cm³/mol. The van der Waals surface area contributed by atoms with Gasteiger partial charge in [-0.1, -0.05) is 127 Å². The maximum atomic E-state index is 13.7. The van der Waals surface area contributed by atoms with Gasteiger partial charge in [-0.15, -0.1) is 0 Å². The number of rotatable bonds is 15. The molecule has 3 heterocycles. The number of H-pyrrole nitrogens is 1. The van der Waals surface area contributed by atoms with E-state index in [9.17, 15) is 23.1 Å². The molecule has 0 bridgehead atoms. The van der Waals surface area contributed by atoms with Crippen molar-refractivity contribution >= 4 is 27.0 Å². The number of benzene rings is 6. The molecule has 1 aromatic heterocycles. The van der Waals surface area contributed by atoms with Crippen molar-refractivity contribution in [3.63, 3.8) is 0 Å². The Hall–Kier alpha value is -6.19. The summed E-state index contributed by atoms with van der Waals surface area (Å²) in [6, 6.07) is 46.8. The number of hydrogen-bond acceptors (Lipinski definition) is 8. The molecule has 0 radical (unpaired) electrons. The number of aromatic amines is 1. The number of aromatic nitrogens is 2. The average molecular weight is 906 g/mol. The van der Waals surface area contributed by atoms with Crippen molar-refractivity contribution in [2.24, 2.45) is 0 Å². The molecule has 4 atom stereocenters. The molecule has 7 aromatic rings. The van der Waals surface area contributed by atoms with Crippen LogP contribution in [0.15, 0.2) is 161 Å². The van der Waals surface area contributed by atoms with Gasteiger partial charge in [0.2, 0.25) is 15.9 Å². The Morgan fingerprint density at radius 2 is 1.47 bits per heavy atom. The monoisotopic (exact) mass is 905 g/mol. The van der Waals surface area contributed by atoms with Crippen LogP contribution in [0.3, 0.4) is 0 Å². The highest BCUT2D eigenvalue weighted by Crippen LogP contribution is 2.39. The molecule has 1 amide bonds. The van der Waals surface area contributed by atoms with Gasteiger partial charge in [0.25, 0.3) is 0 Å². The van der Waals surface area contributed by atoms with Crippen LogP contribution >= 0.6 is 0 Å². The maximum absolute atomic E-state index is 13.7. The second-order valence-electron chi connectivity index (χ2n) is 17.4. The maximum Gasteiger partial charge on any atom is 0.326 e. The van der Waals surface area contributed by atoms with Gasteiger partial charge in [-0.25, -0.2) is 13.2 Å². The molecule has 0 saturated carbocycles. The number of imidazole rings is 1. The molecule has 6 aromatic carbocycles. The largest absolute Gasteiger partial charge is 0.392 e.